The Balaban J connectivity index is 1.59. The molecule has 0 bridgehead atoms. The molecule has 5 nitrogen and oxygen atoms in total. The van der Waals surface area contributed by atoms with E-state index in [2.05, 4.69) is 29.0 Å². The van der Waals surface area contributed by atoms with E-state index in [4.69, 9.17) is 4.74 Å². The first-order chi connectivity index (χ1) is 9.63. The predicted octanol–water partition coefficient (Wildman–Crippen LogP) is 1.36. The third-order valence-corrected chi connectivity index (χ3v) is 3.99. The van der Waals surface area contributed by atoms with E-state index in [1.807, 2.05) is 0 Å². The summed E-state index contributed by atoms with van der Waals surface area (Å²) in [7, 11) is 0. The molecule has 0 aromatic heterocycles. The summed E-state index contributed by atoms with van der Waals surface area (Å²) in [6.07, 6.45) is 3.10. The maximum atomic E-state index is 11.8. The third kappa shape index (κ3) is 5.13. The number of urea groups is 1. The number of nitrogens with zero attached hydrogens (tertiary/aromatic N) is 1. The molecule has 0 radical (unpaired) electrons. The van der Waals surface area contributed by atoms with Gasteiger partial charge in [0.2, 0.25) is 0 Å². The number of carbonyl (C=O) groups excluding carboxylic acids is 1. The molecule has 2 saturated heterocycles. The summed E-state index contributed by atoms with van der Waals surface area (Å²) in [5.74, 6) is 0.484. The summed E-state index contributed by atoms with van der Waals surface area (Å²) in [5, 5.41) is 6.03. The summed E-state index contributed by atoms with van der Waals surface area (Å²) in [4.78, 5) is 14.2. The van der Waals surface area contributed by atoms with Crippen LogP contribution >= 0.6 is 0 Å². The number of hydrogen-bond acceptors (Lipinski definition) is 3. The summed E-state index contributed by atoms with van der Waals surface area (Å²) in [6.45, 7) is 11.4. The fourth-order valence-electron chi connectivity index (χ4n) is 2.83. The van der Waals surface area contributed by atoms with Crippen molar-refractivity contribution in [2.75, 3.05) is 39.4 Å². The van der Waals surface area contributed by atoms with Crippen LogP contribution in [0.5, 0.6) is 0 Å². The van der Waals surface area contributed by atoms with Gasteiger partial charge in [0.1, 0.15) is 0 Å². The SMILES string of the molecule is C=C(C)CN1CCC(NC(=O)NCC2CCOC2)CC1. The fourth-order valence-corrected chi connectivity index (χ4v) is 2.83. The van der Waals surface area contributed by atoms with Gasteiger partial charge in [0.05, 0.1) is 6.61 Å². The normalized spacial score (nSPS) is 24.6. The molecule has 1 atom stereocenters. The van der Waals surface area contributed by atoms with Gasteiger partial charge in [0.25, 0.3) is 0 Å². The fraction of sp³-hybridized carbons (Fsp3) is 0.800. The quantitative estimate of drug-likeness (QED) is 0.748. The van der Waals surface area contributed by atoms with Gasteiger partial charge in [-0.2, -0.15) is 0 Å². The maximum absolute atomic E-state index is 11.8. The second kappa shape index (κ2) is 7.64. The molecular formula is C15H27N3O2. The highest BCUT2D eigenvalue weighted by atomic mass is 16.5. The van der Waals surface area contributed by atoms with Crippen LogP contribution in [0.4, 0.5) is 4.79 Å². The Hall–Kier alpha value is -1.07. The second-order valence-electron chi connectivity index (χ2n) is 6.09. The molecule has 20 heavy (non-hydrogen) atoms. The van der Waals surface area contributed by atoms with Crippen LogP contribution < -0.4 is 10.6 Å². The number of piperidine rings is 1. The molecule has 2 aliphatic heterocycles. The number of amides is 2. The Bertz CT molecular complexity index is 332. The van der Waals surface area contributed by atoms with Crippen LogP contribution in [-0.4, -0.2) is 56.4 Å². The molecule has 114 valence electrons. The Morgan fingerprint density at radius 2 is 2.10 bits per heavy atom. The lowest BCUT2D eigenvalue weighted by Crippen LogP contribution is -2.48. The average Bonchev–Trinajstić information content (AvgIpc) is 2.91. The van der Waals surface area contributed by atoms with Gasteiger partial charge in [0, 0.05) is 44.7 Å². The van der Waals surface area contributed by atoms with Crippen molar-refractivity contribution in [2.24, 2.45) is 5.92 Å². The van der Waals surface area contributed by atoms with Gasteiger partial charge < -0.3 is 15.4 Å². The lowest BCUT2D eigenvalue weighted by Gasteiger charge is -2.32. The zero-order valence-electron chi connectivity index (χ0n) is 12.5. The van der Waals surface area contributed by atoms with Crippen LogP contribution in [0, 0.1) is 5.92 Å². The van der Waals surface area contributed by atoms with Crippen molar-refractivity contribution in [2.45, 2.75) is 32.2 Å². The first-order valence-corrected chi connectivity index (χ1v) is 7.62. The number of likely N-dealkylation sites (tertiary alicyclic amines) is 1. The van der Waals surface area contributed by atoms with Crippen molar-refractivity contribution in [1.82, 2.24) is 15.5 Å². The Morgan fingerprint density at radius 3 is 2.70 bits per heavy atom. The van der Waals surface area contributed by atoms with Crippen molar-refractivity contribution >= 4 is 6.03 Å². The molecule has 0 aliphatic carbocycles. The standard InChI is InChI=1S/C15H27N3O2/c1-12(2)10-18-6-3-14(4-7-18)17-15(19)16-9-13-5-8-20-11-13/h13-14H,1,3-11H2,2H3,(H2,16,17,19). The van der Waals surface area contributed by atoms with Gasteiger partial charge >= 0.3 is 6.03 Å². The van der Waals surface area contributed by atoms with E-state index in [1.165, 1.54) is 5.57 Å². The smallest absolute Gasteiger partial charge is 0.315 e. The van der Waals surface area contributed by atoms with Gasteiger partial charge in [-0.25, -0.2) is 4.79 Å². The summed E-state index contributed by atoms with van der Waals surface area (Å²) in [5.41, 5.74) is 1.20. The number of carbonyl (C=O) groups is 1. The van der Waals surface area contributed by atoms with E-state index in [1.54, 1.807) is 0 Å². The molecule has 2 amide bonds. The highest BCUT2D eigenvalue weighted by Crippen LogP contribution is 2.12. The minimum Gasteiger partial charge on any atom is -0.381 e. The lowest BCUT2D eigenvalue weighted by atomic mass is 10.0. The summed E-state index contributed by atoms with van der Waals surface area (Å²) in [6, 6.07) is 0.270. The van der Waals surface area contributed by atoms with Gasteiger partial charge in [-0.1, -0.05) is 12.2 Å². The monoisotopic (exact) mass is 281 g/mol. The van der Waals surface area contributed by atoms with Crippen LogP contribution in [0.2, 0.25) is 0 Å². The Labute approximate surface area is 121 Å². The topological polar surface area (TPSA) is 53.6 Å². The van der Waals surface area contributed by atoms with E-state index < -0.39 is 0 Å². The van der Waals surface area contributed by atoms with Crippen molar-refractivity contribution in [3.63, 3.8) is 0 Å². The minimum absolute atomic E-state index is 0.0322. The van der Waals surface area contributed by atoms with Crippen molar-refractivity contribution in [3.05, 3.63) is 12.2 Å². The molecule has 5 heteroatoms. The molecule has 2 N–H and O–H groups in total. The van der Waals surface area contributed by atoms with Crippen LogP contribution in [-0.2, 0) is 4.74 Å². The highest BCUT2D eigenvalue weighted by molar-refractivity contribution is 5.74. The highest BCUT2D eigenvalue weighted by Gasteiger charge is 2.21. The van der Waals surface area contributed by atoms with E-state index in [0.29, 0.717) is 12.0 Å². The van der Waals surface area contributed by atoms with Crippen LogP contribution in [0.25, 0.3) is 0 Å². The Morgan fingerprint density at radius 1 is 1.35 bits per heavy atom. The molecule has 0 aromatic rings. The lowest BCUT2D eigenvalue weighted by molar-refractivity contribution is 0.183. The van der Waals surface area contributed by atoms with Gasteiger partial charge in [-0.05, 0) is 26.2 Å². The maximum Gasteiger partial charge on any atom is 0.315 e. The third-order valence-electron chi connectivity index (χ3n) is 3.99. The number of nitrogens with one attached hydrogen (secondary N) is 2. The first-order valence-electron chi connectivity index (χ1n) is 7.62. The van der Waals surface area contributed by atoms with Gasteiger partial charge in [-0.15, -0.1) is 0 Å². The van der Waals surface area contributed by atoms with E-state index in [9.17, 15) is 4.79 Å². The van der Waals surface area contributed by atoms with Crippen LogP contribution in [0.15, 0.2) is 12.2 Å². The van der Waals surface area contributed by atoms with Crippen LogP contribution in [0.1, 0.15) is 26.2 Å². The van der Waals surface area contributed by atoms with Crippen molar-refractivity contribution < 1.29 is 9.53 Å². The zero-order chi connectivity index (χ0) is 14.4. The molecule has 2 rings (SSSR count). The van der Waals surface area contributed by atoms with Gasteiger partial charge in [-0.3, -0.25) is 4.90 Å². The van der Waals surface area contributed by atoms with E-state index in [0.717, 1.165) is 58.7 Å². The Kier molecular flexibility index (Phi) is 5.86. The molecule has 2 fully saturated rings. The molecule has 2 aliphatic rings. The van der Waals surface area contributed by atoms with Crippen molar-refractivity contribution in [1.29, 1.82) is 0 Å². The molecule has 0 aromatic carbocycles. The van der Waals surface area contributed by atoms with Crippen LogP contribution in [0.3, 0.4) is 0 Å². The number of rotatable bonds is 5. The van der Waals surface area contributed by atoms with E-state index >= 15 is 0 Å². The van der Waals surface area contributed by atoms with Crippen molar-refractivity contribution in [3.8, 4) is 0 Å². The average molecular weight is 281 g/mol. The van der Waals surface area contributed by atoms with E-state index in [-0.39, 0.29) is 6.03 Å². The summed E-state index contributed by atoms with van der Waals surface area (Å²) >= 11 is 0. The molecule has 0 spiro atoms. The minimum atomic E-state index is -0.0322. The molecule has 0 saturated carbocycles. The predicted molar refractivity (Wildman–Crippen MR) is 79.7 cm³/mol. The first kappa shape index (κ1) is 15.3. The largest absolute Gasteiger partial charge is 0.381 e. The second-order valence-corrected chi connectivity index (χ2v) is 6.09. The summed E-state index contributed by atoms with van der Waals surface area (Å²) < 4.78 is 5.30. The molecule has 2 heterocycles. The zero-order valence-corrected chi connectivity index (χ0v) is 12.5. The molecular weight excluding hydrogens is 254 g/mol. The number of ether oxygens (including phenoxy) is 1. The van der Waals surface area contributed by atoms with Gasteiger partial charge in [0.15, 0.2) is 0 Å². The molecule has 1 unspecified atom stereocenters. The number of hydrogen-bond donors (Lipinski definition) is 2.